The number of imidazole rings is 1. The van der Waals surface area contributed by atoms with E-state index >= 15 is 0 Å². The van der Waals surface area contributed by atoms with Gasteiger partial charge in [-0.1, -0.05) is 13.8 Å². The SMILES string of the molecule is Cc1cc(-c2nc3n(c2C(C)C)CCN(C(=O)CN)C3(C)C)cc(C)c1F. The second kappa shape index (κ2) is 6.75. The minimum Gasteiger partial charge on any atom is -0.327 e. The van der Waals surface area contributed by atoms with E-state index in [1.165, 1.54) is 0 Å². The third kappa shape index (κ3) is 3.06. The standard InChI is InChI=1S/C21H29FN4O/c1-12(2)19-18(15-9-13(3)17(22)14(4)10-15)24-20-21(5,6)26(16(27)11-23)8-7-25(19)20/h9-10,12H,7-8,11,23H2,1-6H3. The van der Waals surface area contributed by atoms with Gasteiger partial charge in [0, 0.05) is 24.3 Å². The number of hydrogen-bond donors (Lipinski definition) is 1. The first kappa shape index (κ1) is 19.5. The average Bonchev–Trinajstić information content (AvgIpc) is 2.99. The molecule has 1 amide bonds. The second-order valence-electron chi connectivity index (χ2n) is 8.21. The van der Waals surface area contributed by atoms with Gasteiger partial charge in [0.05, 0.1) is 17.8 Å². The quantitative estimate of drug-likeness (QED) is 0.897. The van der Waals surface area contributed by atoms with Crippen molar-refractivity contribution in [3.8, 4) is 11.3 Å². The summed E-state index contributed by atoms with van der Waals surface area (Å²) in [5.41, 5.74) is 9.21. The van der Waals surface area contributed by atoms with E-state index in [2.05, 4.69) is 18.4 Å². The molecule has 27 heavy (non-hydrogen) atoms. The van der Waals surface area contributed by atoms with Crippen molar-refractivity contribution in [2.75, 3.05) is 13.1 Å². The Labute approximate surface area is 160 Å². The Bertz CT molecular complexity index is 875. The molecule has 0 aliphatic carbocycles. The molecule has 0 unspecified atom stereocenters. The fourth-order valence-electron chi connectivity index (χ4n) is 4.19. The molecule has 146 valence electrons. The summed E-state index contributed by atoms with van der Waals surface area (Å²) in [5.74, 6) is 0.859. The van der Waals surface area contributed by atoms with Crippen LogP contribution in [0.25, 0.3) is 11.3 Å². The monoisotopic (exact) mass is 372 g/mol. The van der Waals surface area contributed by atoms with Crippen LogP contribution in [0.5, 0.6) is 0 Å². The number of halogens is 1. The molecule has 2 N–H and O–H groups in total. The molecule has 0 spiro atoms. The maximum Gasteiger partial charge on any atom is 0.237 e. The molecule has 6 heteroatoms. The van der Waals surface area contributed by atoms with Gasteiger partial charge in [-0.2, -0.15) is 0 Å². The van der Waals surface area contributed by atoms with Gasteiger partial charge in [-0.15, -0.1) is 0 Å². The van der Waals surface area contributed by atoms with E-state index in [1.54, 1.807) is 13.8 Å². The number of carbonyl (C=O) groups excluding carboxylic acids is 1. The first-order valence-corrected chi connectivity index (χ1v) is 9.48. The van der Waals surface area contributed by atoms with Crippen LogP contribution < -0.4 is 5.73 Å². The normalized spacial score (nSPS) is 16.0. The molecule has 0 bridgehead atoms. The van der Waals surface area contributed by atoms with Gasteiger partial charge in [0.1, 0.15) is 11.6 Å². The smallest absolute Gasteiger partial charge is 0.237 e. The first-order chi connectivity index (χ1) is 12.6. The summed E-state index contributed by atoms with van der Waals surface area (Å²) >= 11 is 0. The summed E-state index contributed by atoms with van der Waals surface area (Å²) < 4.78 is 16.4. The molecule has 0 saturated heterocycles. The zero-order valence-electron chi connectivity index (χ0n) is 17.1. The van der Waals surface area contributed by atoms with Crippen LogP contribution in [0, 0.1) is 19.7 Å². The number of nitrogens with zero attached hydrogens (tertiary/aromatic N) is 3. The summed E-state index contributed by atoms with van der Waals surface area (Å²) in [6.45, 7) is 13.1. The van der Waals surface area contributed by atoms with Gasteiger partial charge in [0.25, 0.3) is 0 Å². The number of aryl methyl sites for hydroxylation is 2. The molecule has 0 radical (unpaired) electrons. The topological polar surface area (TPSA) is 64.2 Å². The van der Waals surface area contributed by atoms with E-state index < -0.39 is 5.54 Å². The lowest BCUT2D eigenvalue weighted by atomic mass is 9.98. The fraction of sp³-hybridized carbons (Fsp3) is 0.524. The van der Waals surface area contributed by atoms with Crippen molar-refractivity contribution in [2.24, 2.45) is 5.73 Å². The number of aromatic nitrogens is 2. The Balaban J connectivity index is 2.22. The van der Waals surface area contributed by atoms with Crippen molar-refractivity contribution in [1.82, 2.24) is 14.5 Å². The molecule has 1 aromatic heterocycles. The van der Waals surface area contributed by atoms with Crippen molar-refractivity contribution in [1.29, 1.82) is 0 Å². The lowest BCUT2D eigenvalue weighted by Crippen LogP contribution is -2.53. The number of fused-ring (bicyclic) bond motifs is 1. The molecule has 5 nitrogen and oxygen atoms in total. The van der Waals surface area contributed by atoms with Crippen molar-refractivity contribution in [3.05, 3.63) is 40.6 Å². The molecule has 1 aliphatic rings. The number of amides is 1. The van der Waals surface area contributed by atoms with Gasteiger partial charge in [-0.3, -0.25) is 4.79 Å². The van der Waals surface area contributed by atoms with E-state index in [9.17, 15) is 9.18 Å². The summed E-state index contributed by atoms with van der Waals surface area (Å²) in [4.78, 5) is 19.1. The molecule has 2 heterocycles. The van der Waals surface area contributed by atoms with Crippen LogP contribution in [0.4, 0.5) is 4.39 Å². The van der Waals surface area contributed by atoms with Gasteiger partial charge in [-0.05, 0) is 56.9 Å². The highest BCUT2D eigenvalue weighted by Crippen LogP contribution is 2.39. The third-order valence-electron chi connectivity index (χ3n) is 5.51. The van der Waals surface area contributed by atoms with Crippen LogP contribution in [0.2, 0.25) is 0 Å². The molecule has 1 aromatic carbocycles. The Morgan fingerprint density at radius 1 is 1.26 bits per heavy atom. The van der Waals surface area contributed by atoms with Crippen LogP contribution in [0.1, 0.15) is 56.3 Å². The van der Waals surface area contributed by atoms with Gasteiger partial charge in [0.2, 0.25) is 5.91 Å². The van der Waals surface area contributed by atoms with Crippen molar-refractivity contribution in [2.45, 2.75) is 59.5 Å². The number of hydrogen-bond acceptors (Lipinski definition) is 3. The van der Waals surface area contributed by atoms with Crippen LogP contribution in [0.15, 0.2) is 12.1 Å². The summed E-state index contributed by atoms with van der Waals surface area (Å²) in [6, 6.07) is 3.72. The average molecular weight is 372 g/mol. The Hall–Kier alpha value is -2.21. The Morgan fingerprint density at radius 3 is 2.37 bits per heavy atom. The zero-order valence-corrected chi connectivity index (χ0v) is 17.1. The lowest BCUT2D eigenvalue weighted by molar-refractivity contribution is -0.137. The minimum atomic E-state index is -0.555. The van der Waals surface area contributed by atoms with Gasteiger partial charge >= 0.3 is 0 Å². The van der Waals surface area contributed by atoms with Crippen LogP contribution in [-0.4, -0.2) is 33.4 Å². The first-order valence-electron chi connectivity index (χ1n) is 9.48. The van der Waals surface area contributed by atoms with Crippen LogP contribution in [0.3, 0.4) is 0 Å². The lowest BCUT2D eigenvalue weighted by Gasteiger charge is -2.42. The predicted molar refractivity (Wildman–Crippen MR) is 105 cm³/mol. The molecule has 3 rings (SSSR count). The summed E-state index contributed by atoms with van der Waals surface area (Å²) in [5, 5.41) is 0. The van der Waals surface area contributed by atoms with E-state index in [0.717, 1.165) is 22.8 Å². The molecule has 0 saturated carbocycles. The molecule has 0 atom stereocenters. The van der Waals surface area contributed by atoms with E-state index in [-0.39, 0.29) is 24.2 Å². The zero-order chi connectivity index (χ0) is 20.1. The minimum absolute atomic E-state index is 0.00954. The van der Waals surface area contributed by atoms with Crippen molar-refractivity contribution in [3.63, 3.8) is 0 Å². The number of carbonyl (C=O) groups is 1. The van der Waals surface area contributed by atoms with E-state index in [4.69, 9.17) is 10.7 Å². The number of benzene rings is 1. The highest BCUT2D eigenvalue weighted by Gasteiger charge is 2.41. The van der Waals surface area contributed by atoms with Crippen molar-refractivity contribution < 1.29 is 9.18 Å². The van der Waals surface area contributed by atoms with Crippen LogP contribution in [-0.2, 0) is 16.9 Å². The fourth-order valence-corrected chi connectivity index (χ4v) is 4.19. The third-order valence-corrected chi connectivity index (χ3v) is 5.51. The molecular weight excluding hydrogens is 343 g/mol. The maximum atomic E-state index is 14.1. The molecular formula is C21H29FN4O. The highest BCUT2D eigenvalue weighted by molar-refractivity contribution is 5.79. The van der Waals surface area contributed by atoms with Crippen molar-refractivity contribution >= 4 is 5.91 Å². The van der Waals surface area contributed by atoms with Gasteiger partial charge < -0.3 is 15.2 Å². The number of rotatable bonds is 3. The van der Waals surface area contributed by atoms with E-state index in [0.29, 0.717) is 24.2 Å². The predicted octanol–water partition coefficient (Wildman–Crippen LogP) is 3.47. The molecule has 0 fully saturated rings. The summed E-state index contributed by atoms with van der Waals surface area (Å²) in [6.07, 6.45) is 0. The second-order valence-corrected chi connectivity index (χ2v) is 8.21. The maximum absolute atomic E-state index is 14.1. The largest absolute Gasteiger partial charge is 0.327 e. The Kier molecular flexibility index (Phi) is 4.89. The van der Waals surface area contributed by atoms with Gasteiger partial charge in [-0.25, -0.2) is 9.37 Å². The highest BCUT2D eigenvalue weighted by atomic mass is 19.1. The molecule has 1 aliphatic heterocycles. The molecule has 2 aromatic rings. The summed E-state index contributed by atoms with van der Waals surface area (Å²) in [7, 11) is 0. The van der Waals surface area contributed by atoms with E-state index in [1.807, 2.05) is 30.9 Å². The Morgan fingerprint density at radius 2 is 1.85 bits per heavy atom. The van der Waals surface area contributed by atoms with Gasteiger partial charge in [0.15, 0.2) is 0 Å². The van der Waals surface area contributed by atoms with Crippen LogP contribution >= 0.6 is 0 Å². The number of nitrogens with two attached hydrogens (primary N) is 1.